The minimum atomic E-state index is 0.771. The molecule has 0 aliphatic rings. The van der Waals surface area contributed by atoms with Gasteiger partial charge >= 0.3 is 0 Å². The molecule has 1 N–H and O–H groups in total. The number of aromatic nitrogens is 1. The largest absolute Gasteiger partial charge is 0.378 e. The van der Waals surface area contributed by atoms with Gasteiger partial charge in [0.05, 0.1) is 5.69 Å². The number of rotatable bonds is 4. The van der Waals surface area contributed by atoms with Gasteiger partial charge in [-0.1, -0.05) is 28.1 Å². The summed E-state index contributed by atoms with van der Waals surface area (Å²) < 4.78 is 1.13. The summed E-state index contributed by atoms with van der Waals surface area (Å²) in [6.45, 7) is 2.86. The quantitative estimate of drug-likeness (QED) is 0.928. The maximum Gasteiger partial charge on any atom is 0.151 e. The Morgan fingerprint density at radius 1 is 1.26 bits per heavy atom. The van der Waals surface area contributed by atoms with Crippen molar-refractivity contribution >= 4 is 27.4 Å². The first-order chi connectivity index (χ1) is 9.08. The molecule has 0 unspecified atom stereocenters. The van der Waals surface area contributed by atoms with Crippen LogP contribution in [0.25, 0.3) is 0 Å². The van der Waals surface area contributed by atoms with Gasteiger partial charge in [0, 0.05) is 31.3 Å². The van der Waals surface area contributed by atoms with Crippen LogP contribution in [-0.2, 0) is 6.54 Å². The van der Waals surface area contributed by atoms with Gasteiger partial charge in [0.2, 0.25) is 0 Å². The van der Waals surface area contributed by atoms with E-state index in [9.17, 15) is 0 Å². The number of aryl methyl sites for hydroxylation is 1. The van der Waals surface area contributed by atoms with Gasteiger partial charge in [-0.2, -0.15) is 0 Å². The Kier molecular flexibility index (Phi) is 4.43. The fraction of sp³-hybridized carbons (Fsp3) is 0.267. The van der Waals surface area contributed by atoms with E-state index in [-0.39, 0.29) is 0 Å². The van der Waals surface area contributed by atoms with Crippen LogP contribution in [-0.4, -0.2) is 19.1 Å². The SMILES string of the molecule is Cc1ccc(CNc2cccnc2N(C)C)c(Br)c1. The van der Waals surface area contributed by atoms with E-state index in [1.807, 2.05) is 37.3 Å². The zero-order valence-electron chi connectivity index (χ0n) is 11.4. The standard InChI is InChI=1S/C15H18BrN3/c1-11-6-7-12(13(16)9-11)10-18-14-5-4-8-17-15(14)19(2)3/h4-9,18H,10H2,1-3H3. The van der Waals surface area contributed by atoms with Gasteiger partial charge in [-0.05, 0) is 36.2 Å². The molecule has 0 radical (unpaired) electrons. The number of benzene rings is 1. The maximum atomic E-state index is 4.38. The molecule has 0 amide bonds. The van der Waals surface area contributed by atoms with Crippen LogP contribution < -0.4 is 10.2 Å². The molecule has 2 rings (SSSR count). The van der Waals surface area contributed by atoms with Crippen molar-refractivity contribution in [3.8, 4) is 0 Å². The van der Waals surface area contributed by atoms with Crippen molar-refractivity contribution in [2.45, 2.75) is 13.5 Å². The molecule has 1 aromatic heterocycles. The lowest BCUT2D eigenvalue weighted by molar-refractivity contribution is 1.05. The highest BCUT2D eigenvalue weighted by molar-refractivity contribution is 9.10. The predicted molar refractivity (Wildman–Crippen MR) is 84.8 cm³/mol. The normalized spacial score (nSPS) is 10.3. The molecule has 19 heavy (non-hydrogen) atoms. The Bertz CT molecular complexity index is 567. The van der Waals surface area contributed by atoms with Crippen molar-refractivity contribution in [3.63, 3.8) is 0 Å². The van der Waals surface area contributed by atoms with E-state index in [0.29, 0.717) is 0 Å². The lowest BCUT2D eigenvalue weighted by Gasteiger charge is -2.17. The highest BCUT2D eigenvalue weighted by atomic mass is 79.9. The van der Waals surface area contributed by atoms with Gasteiger partial charge in [-0.3, -0.25) is 0 Å². The van der Waals surface area contributed by atoms with Gasteiger partial charge < -0.3 is 10.2 Å². The summed E-state index contributed by atoms with van der Waals surface area (Å²) in [5, 5.41) is 3.44. The van der Waals surface area contributed by atoms with Gasteiger partial charge in [0.1, 0.15) is 0 Å². The maximum absolute atomic E-state index is 4.38. The van der Waals surface area contributed by atoms with Crippen LogP contribution in [0.3, 0.4) is 0 Å². The smallest absolute Gasteiger partial charge is 0.151 e. The molecule has 0 fully saturated rings. The first-order valence-electron chi connectivity index (χ1n) is 6.19. The van der Waals surface area contributed by atoms with Crippen LogP contribution >= 0.6 is 15.9 Å². The van der Waals surface area contributed by atoms with Gasteiger partial charge in [0.15, 0.2) is 5.82 Å². The predicted octanol–water partition coefficient (Wildman–Crippen LogP) is 3.83. The fourth-order valence-corrected chi connectivity index (χ4v) is 2.51. The first-order valence-corrected chi connectivity index (χ1v) is 6.98. The molecule has 0 bridgehead atoms. The molecule has 100 valence electrons. The monoisotopic (exact) mass is 319 g/mol. The van der Waals surface area contributed by atoms with Crippen LogP contribution in [0.1, 0.15) is 11.1 Å². The third-order valence-electron chi connectivity index (χ3n) is 2.89. The van der Waals surface area contributed by atoms with E-state index in [4.69, 9.17) is 0 Å². The van der Waals surface area contributed by atoms with E-state index in [0.717, 1.165) is 22.5 Å². The van der Waals surface area contributed by atoms with Crippen molar-refractivity contribution in [3.05, 3.63) is 52.1 Å². The van der Waals surface area contributed by atoms with Crippen LogP contribution in [0.4, 0.5) is 11.5 Å². The van der Waals surface area contributed by atoms with E-state index >= 15 is 0 Å². The summed E-state index contributed by atoms with van der Waals surface area (Å²) in [6, 6.07) is 10.4. The molecule has 4 heteroatoms. The van der Waals surface area contributed by atoms with Crippen LogP contribution in [0, 0.1) is 6.92 Å². The van der Waals surface area contributed by atoms with Crippen LogP contribution in [0.5, 0.6) is 0 Å². The molecule has 1 aromatic carbocycles. The zero-order valence-corrected chi connectivity index (χ0v) is 13.0. The minimum absolute atomic E-state index is 0.771. The average molecular weight is 320 g/mol. The first kappa shape index (κ1) is 13.9. The molecular weight excluding hydrogens is 302 g/mol. The average Bonchev–Trinajstić information content (AvgIpc) is 2.38. The topological polar surface area (TPSA) is 28.2 Å². The lowest BCUT2D eigenvalue weighted by atomic mass is 10.1. The van der Waals surface area contributed by atoms with E-state index < -0.39 is 0 Å². The van der Waals surface area contributed by atoms with Crippen molar-refractivity contribution in [2.24, 2.45) is 0 Å². The molecule has 0 aliphatic carbocycles. The Balaban J connectivity index is 2.14. The third-order valence-corrected chi connectivity index (χ3v) is 3.63. The summed E-state index contributed by atoms with van der Waals surface area (Å²) in [7, 11) is 3.99. The van der Waals surface area contributed by atoms with E-state index in [1.165, 1.54) is 11.1 Å². The Hall–Kier alpha value is -1.55. The van der Waals surface area contributed by atoms with Crippen LogP contribution in [0.2, 0.25) is 0 Å². The second-order valence-corrected chi connectivity index (χ2v) is 5.57. The molecule has 0 spiro atoms. The van der Waals surface area contributed by atoms with Gasteiger partial charge in [-0.15, -0.1) is 0 Å². The summed E-state index contributed by atoms with van der Waals surface area (Å²) in [5.41, 5.74) is 3.53. The number of halogens is 1. The molecule has 0 atom stereocenters. The van der Waals surface area contributed by atoms with Crippen LogP contribution in [0.15, 0.2) is 41.0 Å². The highest BCUT2D eigenvalue weighted by Crippen LogP contribution is 2.23. The minimum Gasteiger partial charge on any atom is -0.378 e. The summed E-state index contributed by atoms with van der Waals surface area (Å²) >= 11 is 3.60. The number of nitrogens with zero attached hydrogens (tertiary/aromatic N) is 2. The number of hydrogen-bond acceptors (Lipinski definition) is 3. The van der Waals surface area contributed by atoms with E-state index in [1.54, 1.807) is 0 Å². The molecular formula is C15H18BrN3. The molecule has 0 aliphatic heterocycles. The molecule has 0 saturated carbocycles. The Morgan fingerprint density at radius 3 is 2.74 bits per heavy atom. The number of hydrogen-bond donors (Lipinski definition) is 1. The molecule has 1 heterocycles. The highest BCUT2D eigenvalue weighted by Gasteiger charge is 2.06. The number of nitrogens with one attached hydrogen (secondary N) is 1. The molecule has 0 saturated heterocycles. The van der Waals surface area contributed by atoms with Crippen molar-refractivity contribution in [1.29, 1.82) is 0 Å². The van der Waals surface area contributed by atoms with Gasteiger partial charge in [-0.25, -0.2) is 4.98 Å². The molecule has 3 nitrogen and oxygen atoms in total. The summed E-state index contributed by atoms with van der Waals surface area (Å²) in [5.74, 6) is 0.950. The van der Waals surface area contributed by atoms with Crippen molar-refractivity contribution in [2.75, 3.05) is 24.3 Å². The Labute approximate surface area is 122 Å². The van der Waals surface area contributed by atoms with Crippen molar-refractivity contribution < 1.29 is 0 Å². The second kappa shape index (κ2) is 6.06. The summed E-state index contributed by atoms with van der Waals surface area (Å²) in [6.07, 6.45) is 1.81. The zero-order chi connectivity index (χ0) is 13.8. The second-order valence-electron chi connectivity index (χ2n) is 4.72. The molecule has 2 aromatic rings. The van der Waals surface area contributed by atoms with E-state index in [2.05, 4.69) is 51.4 Å². The van der Waals surface area contributed by atoms with Gasteiger partial charge in [0.25, 0.3) is 0 Å². The Morgan fingerprint density at radius 2 is 2.05 bits per heavy atom. The third kappa shape index (κ3) is 3.47. The fourth-order valence-electron chi connectivity index (χ4n) is 1.88. The lowest BCUT2D eigenvalue weighted by Crippen LogP contribution is -2.13. The van der Waals surface area contributed by atoms with Crippen molar-refractivity contribution in [1.82, 2.24) is 4.98 Å². The summed E-state index contributed by atoms with van der Waals surface area (Å²) in [4.78, 5) is 6.39. The number of pyridine rings is 1. The number of anilines is 2.